The highest BCUT2D eigenvalue weighted by Crippen LogP contribution is 2.37. The average Bonchev–Trinajstić information content (AvgIpc) is 3.20. The second-order valence-electron chi connectivity index (χ2n) is 8.86. The van der Waals surface area contributed by atoms with Crippen LogP contribution in [0.5, 0.6) is 5.75 Å². The van der Waals surface area contributed by atoms with Crippen LogP contribution in [0, 0.1) is 6.92 Å². The number of piperidine rings is 1. The van der Waals surface area contributed by atoms with Gasteiger partial charge in [0, 0.05) is 39.6 Å². The molecule has 1 aliphatic rings. The zero-order valence-corrected chi connectivity index (χ0v) is 19.7. The quantitative estimate of drug-likeness (QED) is 0.392. The smallest absolute Gasteiger partial charge is 0.255 e. The van der Waals surface area contributed by atoms with Crippen LogP contribution in [-0.2, 0) is 0 Å². The molecule has 6 heteroatoms. The van der Waals surface area contributed by atoms with Crippen molar-refractivity contribution in [2.45, 2.75) is 32.2 Å². The fraction of sp³-hybridized carbons (Fsp3) is 0.286. The zero-order chi connectivity index (χ0) is 23.5. The highest BCUT2D eigenvalue weighted by Gasteiger charge is 2.29. The first-order chi connectivity index (χ1) is 16.6. The number of aromatic amines is 1. The van der Waals surface area contributed by atoms with Gasteiger partial charge in [-0.05, 0) is 87.5 Å². The molecule has 1 aliphatic heterocycles. The molecule has 6 nitrogen and oxygen atoms in total. The lowest BCUT2D eigenvalue weighted by atomic mass is 9.95. The SMILES string of the molecule is COc1ccc(C(=O)Nc2ccc3[nH]c(C)c(C(c4ccccn4)N4CCCCC4)c3c2)cc1. The molecule has 0 bridgehead atoms. The second-order valence-corrected chi connectivity index (χ2v) is 8.86. The van der Waals surface area contributed by atoms with Crippen LogP contribution in [0.4, 0.5) is 5.69 Å². The van der Waals surface area contributed by atoms with Crippen LogP contribution < -0.4 is 10.1 Å². The van der Waals surface area contributed by atoms with Crippen LogP contribution in [0.1, 0.15) is 52.6 Å². The molecule has 0 saturated carbocycles. The highest BCUT2D eigenvalue weighted by molar-refractivity contribution is 6.05. The molecule has 174 valence electrons. The fourth-order valence-corrected chi connectivity index (χ4v) is 4.96. The van der Waals surface area contributed by atoms with Crippen molar-refractivity contribution in [3.63, 3.8) is 0 Å². The first kappa shape index (κ1) is 22.2. The number of aromatic nitrogens is 2. The summed E-state index contributed by atoms with van der Waals surface area (Å²) in [6.45, 7) is 4.24. The van der Waals surface area contributed by atoms with E-state index in [-0.39, 0.29) is 11.9 Å². The van der Waals surface area contributed by atoms with Gasteiger partial charge >= 0.3 is 0 Å². The van der Waals surface area contributed by atoms with Gasteiger partial charge in [-0.2, -0.15) is 0 Å². The summed E-state index contributed by atoms with van der Waals surface area (Å²) in [6.07, 6.45) is 5.55. The van der Waals surface area contributed by atoms with Crippen molar-refractivity contribution in [1.29, 1.82) is 0 Å². The summed E-state index contributed by atoms with van der Waals surface area (Å²) in [4.78, 5) is 23.7. The van der Waals surface area contributed by atoms with Crippen LogP contribution in [-0.4, -0.2) is 41.0 Å². The van der Waals surface area contributed by atoms with Gasteiger partial charge in [-0.25, -0.2) is 0 Å². The number of anilines is 1. The maximum Gasteiger partial charge on any atom is 0.255 e. The van der Waals surface area contributed by atoms with Gasteiger partial charge < -0.3 is 15.0 Å². The molecule has 1 saturated heterocycles. The minimum atomic E-state index is -0.145. The summed E-state index contributed by atoms with van der Waals surface area (Å²) in [5, 5.41) is 4.18. The van der Waals surface area contributed by atoms with E-state index in [1.165, 1.54) is 24.8 Å². The Bertz CT molecular complexity index is 1280. The van der Waals surface area contributed by atoms with E-state index < -0.39 is 0 Å². The van der Waals surface area contributed by atoms with Gasteiger partial charge in [-0.1, -0.05) is 12.5 Å². The van der Waals surface area contributed by atoms with E-state index in [4.69, 9.17) is 9.72 Å². The third-order valence-electron chi connectivity index (χ3n) is 6.64. The topological polar surface area (TPSA) is 70.2 Å². The minimum absolute atomic E-state index is 0.0720. The number of benzene rings is 2. The number of ether oxygens (including phenoxy) is 1. The number of H-pyrrole nitrogens is 1. The molecule has 1 amide bonds. The summed E-state index contributed by atoms with van der Waals surface area (Å²) in [5.74, 6) is 0.580. The standard InChI is InChI=1S/C28H30N4O2/c1-19-26(27(25-8-4-5-15-29-25)32-16-6-3-7-17-32)23-18-21(11-14-24(23)30-19)31-28(33)20-9-12-22(34-2)13-10-20/h4-5,8-15,18,27,30H,3,6-7,16-17H2,1-2H3,(H,31,33). The Morgan fingerprint density at radius 1 is 1.06 bits per heavy atom. The van der Waals surface area contributed by atoms with Gasteiger partial charge in [0.2, 0.25) is 0 Å². The van der Waals surface area contributed by atoms with E-state index in [9.17, 15) is 4.79 Å². The van der Waals surface area contributed by atoms with Crippen LogP contribution in [0.2, 0.25) is 0 Å². The molecule has 2 aromatic heterocycles. The van der Waals surface area contributed by atoms with Crippen molar-refractivity contribution < 1.29 is 9.53 Å². The maximum atomic E-state index is 12.9. The number of nitrogens with one attached hydrogen (secondary N) is 2. The number of carbonyl (C=O) groups excluding carboxylic acids is 1. The Labute approximate surface area is 200 Å². The average molecular weight is 455 g/mol. The van der Waals surface area contributed by atoms with Crippen molar-refractivity contribution in [3.8, 4) is 5.75 Å². The van der Waals surface area contributed by atoms with Gasteiger partial charge in [0.1, 0.15) is 5.75 Å². The largest absolute Gasteiger partial charge is 0.497 e. The number of aryl methyl sites for hydroxylation is 1. The van der Waals surface area contributed by atoms with Crippen LogP contribution in [0.3, 0.4) is 0 Å². The van der Waals surface area contributed by atoms with Crippen molar-refractivity contribution >= 4 is 22.5 Å². The van der Waals surface area contributed by atoms with E-state index in [1.54, 1.807) is 31.4 Å². The molecule has 2 N–H and O–H groups in total. The summed E-state index contributed by atoms with van der Waals surface area (Å²) in [7, 11) is 1.61. The van der Waals surface area contributed by atoms with Gasteiger partial charge in [-0.15, -0.1) is 0 Å². The van der Waals surface area contributed by atoms with E-state index in [0.29, 0.717) is 5.56 Å². The number of pyridine rings is 1. The van der Waals surface area contributed by atoms with E-state index >= 15 is 0 Å². The maximum absolute atomic E-state index is 12.9. The number of nitrogens with zero attached hydrogens (tertiary/aromatic N) is 2. The lowest BCUT2D eigenvalue weighted by Gasteiger charge is -2.34. The fourth-order valence-electron chi connectivity index (χ4n) is 4.96. The summed E-state index contributed by atoms with van der Waals surface area (Å²) in [5.41, 5.74) is 5.85. The third-order valence-corrected chi connectivity index (χ3v) is 6.64. The van der Waals surface area contributed by atoms with Crippen molar-refractivity contribution in [1.82, 2.24) is 14.9 Å². The number of hydrogen-bond acceptors (Lipinski definition) is 4. The lowest BCUT2D eigenvalue weighted by Crippen LogP contribution is -2.35. The Hall–Kier alpha value is -3.64. The number of amides is 1. The number of methoxy groups -OCH3 is 1. The summed E-state index contributed by atoms with van der Waals surface area (Å²) in [6, 6.07) is 19.4. The highest BCUT2D eigenvalue weighted by atomic mass is 16.5. The molecule has 0 radical (unpaired) electrons. The number of rotatable bonds is 6. The molecule has 0 spiro atoms. The van der Waals surface area contributed by atoms with Crippen molar-refractivity contribution in [3.05, 3.63) is 89.4 Å². The number of fused-ring (bicyclic) bond motifs is 1. The van der Waals surface area contributed by atoms with Crippen LogP contribution in [0.25, 0.3) is 10.9 Å². The van der Waals surface area contributed by atoms with E-state index in [1.807, 2.05) is 24.4 Å². The molecule has 3 heterocycles. The molecule has 34 heavy (non-hydrogen) atoms. The molecule has 4 aromatic rings. The number of carbonyl (C=O) groups is 1. The third kappa shape index (κ3) is 4.41. The zero-order valence-electron chi connectivity index (χ0n) is 19.7. The molecule has 1 atom stereocenters. The normalized spacial score (nSPS) is 15.2. The van der Waals surface area contributed by atoms with Crippen LogP contribution in [0.15, 0.2) is 66.9 Å². The predicted molar refractivity (Wildman–Crippen MR) is 135 cm³/mol. The lowest BCUT2D eigenvalue weighted by molar-refractivity contribution is 0.102. The molecular weight excluding hydrogens is 424 g/mol. The Morgan fingerprint density at radius 2 is 1.85 bits per heavy atom. The second kappa shape index (κ2) is 9.69. The first-order valence-electron chi connectivity index (χ1n) is 11.9. The van der Waals surface area contributed by atoms with E-state index in [2.05, 4.69) is 40.3 Å². The molecule has 1 unspecified atom stereocenters. The van der Waals surface area contributed by atoms with Crippen LogP contribution >= 0.6 is 0 Å². The molecule has 1 fully saturated rings. The van der Waals surface area contributed by atoms with Crippen molar-refractivity contribution in [2.24, 2.45) is 0 Å². The van der Waals surface area contributed by atoms with Gasteiger partial charge in [0.05, 0.1) is 18.8 Å². The molecule has 5 rings (SSSR count). The van der Waals surface area contributed by atoms with Gasteiger partial charge in [-0.3, -0.25) is 14.7 Å². The van der Waals surface area contributed by atoms with E-state index in [0.717, 1.165) is 46.8 Å². The summed E-state index contributed by atoms with van der Waals surface area (Å²) >= 11 is 0. The minimum Gasteiger partial charge on any atom is -0.497 e. The Kier molecular flexibility index (Phi) is 6.32. The molecule has 0 aliphatic carbocycles. The first-order valence-corrected chi connectivity index (χ1v) is 11.9. The Morgan fingerprint density at radius 3 is 2.56 bits per heavy atom. The van der Waals surface area contributed by atoms with Crippen molar-refractivity contribution in [2.75, 3.05) is 25.5 Å². The predicted octanol–water partition coefficient (Wildman–Crippen LogP) is 5.71. The van der Waals surface area contributed by atoms with Gasteiger partial charge in [0.25, 0.3) is 5.91 Å². The molecular formula is C28H30N4O2. The number of hydrogen-bond donors (Lipinski definition) is 2. The Balaban J connectivity index is 1.52. The van der Waals surface area contributed by atoms with Gasteiger partial charge in [0.15, 0.2) is 0 Å². The summed E-state index contributed by atoms with van der Waals surface area (Å²) < 4.78 is 5.20. The number of likely N-dealkylation sites (tertiary alicyclic amines) is 1. The monoisotopic (exact) mass is 454 g/mol. The molecule has 2 aromatic carbocycles.